The molecule has 0 atom stereocenters. The van der Waals surface area contributed by atoms with Crippen LogP contribution in [0.1, 0.15) is 25.8 Å². The zero-order valence-corrected chi connectivity index (χ0v) is 14.8. The molecule has 2 aromatic carbocycles. The number of fused-ring (bicyclic) bond motifs is 1. The molecule has 25 heavy (non-hydrogen) atoms. The lowest BCUT2D eigenvalue weighted by molar-refractivity contribution is -0.116. The topological polar surface area (TPSA) is 56.9 Å². The van der Waals surface area contributed by atoms with Gasteiger partial charge in [0.2, 0.25) is 5.91 Å². The van der Waals surface area contributed by atoms with Crippen molar-refractivity contribution < 1.29 is 4.79 Å². The summed E-state index contributed by atoms with van der Waals surface area (Å²) in [5.74, 6) is 0.431. The van der Waals surface area contributed by atoms with Crippen LogP contribution >= 0.6 is 0 Å². The van der Waals surface area contributed by atoms with Crippen molar-refractivity contribution in [3.05, 3.63) is 60.3 Å². The van der Waals surface area contributed by atoms with Crippen molar-refractivity contribution >= 4 is 28.2 Å². The van der Waals surface area contributed by atoms with Crippen molar-refractivity contribution in [2.45, 2.75) is 26.7 Å². The van der Waals surface area contributed by atoms with Gasteiger partial charge in [0, 0.05) is 41.4 Å². The van der Waals surface area contributed by atoms with Gasteiger partial charge in [0.15, 0.2) is 0 Å². The number of hydrogen-bond acceptors (Lipinski definition) is 2. The van der Waals surface area contributed by atoms with Gasteiger partial charge in [0.25, 0.3) is 0 Å². The fourth-order valence-corrected chi connectivity index (χ4v) is 2.93. The second-order valence-corrected chi connectivity index (χ2v) is 6.76. The number of carbonyl (C=O) groups is 1. The number of nitrogens with one attached hydrogen (secondary N) is 3. The minimum atomic E-state index is 0.0649. The lowest BCUT2D eigenvalue weighted by Gasteiger charge is -2.09. The number of amides is 1. The molecule has 0 spiro atoms. The zero-order chi connectivity index (χ0) is 17.6. The van der Waals surface area contributed by atoms with E-state index in [1.54, 1.807) is 0 Å². The SMILES string of the molecule is CC(C)CC(=O)Nc1ccc(NCCc2c[nH]c3ccccc23)cc1. The maximum absolute atomic E-state index is 11.8. The van der Waals surface area contributed by atoms with Crippen LogP contribution < -0.4 is 10.6 Å². The molecule has 3 N–H and O–H groups in total. The van der Waals surface area contributed by atoms with E-state index in [2.05, 4.69) is 40.0 Å². The molecular formula is C21H25N3O. The van der Waals surface area contributed by atoms with Crippen molar-refractivity contribution in [3.8, 4) is 0 Å². The lowest BCUT2D eigenvalue weighted by atomic mass is 10.1. The Kier molecular flexibility index (Phi) is 5.39. The average Bonchev–Trinajstić information content (AvgIpc) is 2.99. The first-order chi connectivity index (χ1) is 12.1. The molecule has 0 saturated heterocycles. The quantitative estimate of drug-likeness (QED) is 0.580. The highest BCUT2D eigenvalue weighted by Crippen LogP contribution is 2.19. The molecule has 4 heteroatoms. The van der Waals surface area contributed by atoms with Crippen molar-refractivity contribution in [2.24, 2.45) is 5.92 Å². The van der Waals surface area contributed by atoms with Gasteiger partial charge in [-0.25, -0.2) is 0 Å². The van der Waals surface area contributed by atoms with Crippen molar-refractivity contribution in [1.29, 1.82) is 0 Å². The second kappa shape index (κ2) is 7.88. The summed E-state index contributed by atoms with van der Waals surface area (Å²) in [5.41, 5.74) is 4.40. The number of carbonyl (C=O) groups excluding carboxylic acids is 1. The number of benzene rings is 2. The Labute approximate surface area is 148 Å². The third kappa shape index (κ3) is 4.63. The number of para-hydroxylation sites is 1. The van der Waals surface area contributed by atoms with Crippen molar-refractivity contribution in [2.75, 3.05) is 17.2 Å². The first-order valence-corrected chi connectivity index (χ1v) is 8.80. The van der Waals surface area contributed by atoms with Gasteiger partial charge in [0.1, 0.15) is 0 Å². The van der Waals surface area contributed by atoms with Crippen LogP contribution in [0, 0.1) is 5.92 Å². The Hall–Kier alpha value is -2.75. The largest absolute Gasteiger partial charge is 0.385 e. The van der Waals surface area contributed by atoms with E-state index in [0.717, 1.165) is 24.3 Å². The normalized spacial score (nSPS) is 11.0. The molecule has 0 aliphatic carbocycles. The summed E-state index contributed by atoms with van der Waals surface area (Å²) in [6.07, 6.45) is 3.58. The second-order valence-electron chi connectivity index (χ2n) is 6.76. The van der Waals surface area contributed by atoms with E-state index >= 15 is 0 Å². The number of anilines is 2. The molecule has 3 aromatic rings. The van der Waals surface area contributed by atoms with E-state index in [4.69, 9.17) is 0 Å². The summed E-state index contributed by atoms with van der Waals surface area (Å²) in [7, 11) is 0. The first kappa shape index (κ1) is 17.1. The molecule has 3 rings (SSSR count). The van der Waals surface area contributed by atoms with Gasteiger partial charge in [0.05, 0.1) is 0 Å². The number of aromatic nitrogens is 1. The summed E-state index contributed by atoms with van der Waals surface area (Å²) in [6.45, 7) is 4.95. The highest BCUT2D eigenvalue weighted by molar-refractivity contribution is 5.91. The summed E-state index contributed by atoms with van der Waals surface area (Å²) in [5, 5.41) is 7.65. The number of hydrogen-bond donors (Lipinski definition) is 3. The molecule has 0 radical (unpaired) electrons. The van der Waals surface area contributed by atoms with Gasteiger partial charge >= 0.3 is 0 Å². The number of H-pyrrole nitrogens is 1. The third-order valence-electron chi connectivity index (χ3n) is 4.16. The Bertz CT molecular complexity index is 834. The van der Waals surface area contributed by atoms with Crippen LogP contribution in [0.25, 0.3) is 10.9 Å². The van der Waals surface area contributed by atoms with Gasteiger partial charge in [-0.2, -0.15) is 0 Å². The van der Waals surface area contributed by atoms with Crippen LogP contribution in [0.15, 0.2) is 54.7 Å². The van der Waals surface area contributed by atoms with Gasteiger partial charge in [-0.05, 0) is 48.2 Å². The van der Waals surface area contributed by atoms with E-state index in [1.165, 1.54) is 16.5 Å². The van der Waals surface area contributed by atoms with Crippen LogP contribution in [0.2, 0.25) is 0 Å². The Morgan fingerprint density at radius 2 is 1.76 bits per heavy atom. The molecule has 1 aromatic heterocycles. The van der Waals surface area contributed by atoms with Crippen molar-refractivity contribution in [3.63, 3.8) is 0 Å². The molecule has 1 heterocycles. The maximum atomic E-state index is 11.8. The van der Waals surface area contributed by atoms with Crippen LogP contribution in [0.4, 0.5) is 11.4 Å². The van der Waals surface area contributed by atoms with E-state index in [-0.39, 0.29) is 5.91 Å². The molecule has 4 nitrogen and oxygen atoms in total. The monoisotopic (exact) mass is 335 g/mol. The van der Waals surface area contributed by atoms with Gasteiger partial charge in [-0.15, -0.1) is 0 Å². The molecule has 130 valence electrons. The summed E-state index contributed by atoms with van der Waals surface area (Å²) in [4.78, 5) is 15.1. The maximum Gasteiger partial charge on any atom is 0.224 e. The van der Waals surface area contributed by atoms with Crippen LogP contribution in [0.5, 0.6) is 0 Å². The Balaban J connectivity index is 1.51. The molecule has 0 fully saturated rings. The number of aromatic amines is 1. The molecular weight excluding hydrogens is 310 g/mol. The van der Waals surface area contributed by atoms with Gasteiger partial charge in [-0.3, -0.25) is 4.79 Å². The highest BCUT2D eigenvalue weighted by atomic mass is 16.1. The summed E-state index contributed by atoms with van der Waals surface area (Å²) >= 11 is 0. The standard InChI is InChI=1S/C21H25N3O/c1-15(2)13-21(25)24-18-9-7-17(8-10-18)22-12-11-16-14-23-20-6-4-3-5-19(16)20/h3-10,14-15,22-23H,11-13H2,1-2H3,(H,24,25). The van der Waals surface area contributed by atoms with E-state index in [1.807, 2.05) is 44.2 Å². The Morgan fingerprint density at radius 3 is 2.52 bits per heavy atom. The van der Waals surface area contributed by atoms with Crippen LogP contribution in [0.3, 0.4) is 0 Å². The average molecular weight is 335 g/mol. The van der Waals surface area contributed by atoms with Crippen LogP contribution in [-0.2, 0) is 11.2 Å². The molecule has 1 amide bonds. The third-order valence-corrected chi connectivity index (χ3v) is 4.16. The molecule has 0 saturated carbocycles. The molecule has 0 aliphatic heterocycles. The smallest absolute Gasteiger partial charge is 0.224 e. The summed E-state index contributed by atoms with van der Waals surface area (Å²) < 4.78 is 0. The predicted octanol–water partition coefficient (Wildman–Crippen LogP) is 4.81. The molecule has 0 aliphatic rings. The fraction of sp³-hybridized carbons (Fsp3) is 0.286. The van der Waals surface area contributed by atoms with Crippen molar-refractivity contribution in [1.82, 2.24) is 4.98 Å². The Morgan fingerprint density at radius 1 is 1.04 bits per heavy atom. The van der Waals surface area contributed by atoms with Crippen LogP contribution in [-0.4, -0.2) is 17.4 Å². The number of rotatable bonds is 7. The van der Waals surface area contributed by atoms with Gasteiger partial charge < -0.3 is 15.6 Å². The summed E-state index contributed by atoms with van der Waals surface area (Å²) in [6, 6.07) is 16.2. The first-order valence-electron chi connectivity index (χ1n) is 8.80. The zero-order valence-electron chi connectivity index (χ0n) is 14.8. The van der Waals surface area contributed by atoms with E-state index in [9.17, 15) is 4.79 Å². The minimum Gasteiger partial charge on any atom is -0.385 e. The molecule has 0 unspecified atom stereocenters. The fourth-order valence-electron chi connectivity index (χ4n) is 2.93. The predicted molar refractivity (Wildman–Crippen MR) is 105 cm³/mol. The minimum absolute atomic E-state index is 0.0649. The van der Waals surface area contributed by atoms with E-state index < -0.39 is 0 Å². The van der Waals surface area contributed by atoms with E-state index in [0.29, 0.717) is 12.3 Å². The highest BCUT2D eigenvalue weighted by Gasteiger charge is 2.05. The lowest BCUT2D eigenvalue weighted by Crippen LogP contribution is -2.13. The van der Waals surface area contributed by atoms with Gasteiger partial charge in [-0.1, -0.05) is 32.0 Å². The molecule has 0 bridgehead atoms.